The largest absolute Gasteiger partial charge is 0.257 e. The predicted molar refractivity (Wildman–Crippen MR) is 93.1 cm³/mol. The highest BCUT2D eigenvalue weighted by Gasteiger charge is 2.25. The van der Waals surface area contributed by atoms with Crippen molar-refractivity contribution in [1.82, 2.24) is 19.6 Å². The van der Waals surface area contributed by atoms with Gasteiger partial charge in [0.2, 0.25) is 0 Å². The first kappa shape index (κ1) is 14.5. The van der Waals surface area contributed by atoms with E-state index in [1.54, 1.807) is 11.8 Å². The van der Waals surface area contributed by atoms with Crippen LogP contribution in [0.3, 0.4) is 0 Å². The number of rotatable bonds is 3. The highest BCUT2D eigenvalue weighted by atomic mass is 32.2. The second kappa shape index (κ2) is 5.49. The van der Waals surface area contributed by atoms with E-state index < -0.39 is 0 Å². The normalized spacial score (nSPS) is 18.2. The van der Waals surface area contributed by atoms with Gasteiger partial charge >= 0.3 is 0 Å². The lowest BCUT2D eigenvalue weighted by Gasteiger charge is -2.17. The summed E-state index contributed by atoms with van der Waals surface area (Å²) in [7, 11) is 0. The molecule has 1 aliphatic carbocycles. The number of aryl methyl sites for hydroxylation is 2. The summed E-state index contributed by atoms with van der Waals surface area (Å²) in [5.74, 6) is 2.86. The molecule has 6 heteroatoms. The molecule has 0 bridgehead atoms. The van der Waals surface area contributed by atoms with Gasteiger partial charge in [0.05, 0.1) is 5.39 Å². The van der Waals surface area contributed by atoms with Gasteiger partial charge in [-0.05, 0) is 36.5 Å². The molecule has 0 saturated carbocycles. The fraction of sp³-hybridized carbons (Fsp3) is 0.562. The maximum atomic E-state index is 4.96. The zero-order chi connectivity index (χ0) is 15.3. The maximum absolute atomic E-state index is 4.96. The summed E-state index contributed by atoms with van der Waals surface area (Å²) >= 11 is 3.61. The first-order valence-electron chi connectivity index (χ1n) is 8.04. The molecule has 0 aliphatic heterocycles. The summed E-state index contributed by atoms with van der Waals surface area (Å²) in [5.41, 5.74) is 2.50. The number of thiophene rings is 1. The lowest BCUT2D eigenvalue weighted by molar-refractivity contribution is 0.509. The molecule has 3 heterocycles. The van der Waals surface area contributed by atoms with Gasteiger partial charge in [0.1, 0.15) is 10.7 Å². The molecule has 4 rings (SSSR count). The summed E-state index contributed by atoms with van der Waals surface area (Å²) in [5, 5.41) is 11.2. The Balaban J connectivity index is 2.05. The van der Waals surface area contributed by atoms with Gasteiger partial charge in [0, 0.05) is 11.3 Å². The molecule has 116 valence electrons. The number of hydrogen-bond donors (Lipinski definition) is 0. The first-order chi connectivity index (χ1) is 10.7. The molecule has 3 aromatic heterocycles. The van der Waals surface area contributed by atoms with Crippen molar-refractivity contribution in [2.24, 2.45) is 5.92 Å². The molecule has 1 atom stereocenters. The van der Waals surface area contributed by atoms with E-state index in [-0.39, 0.29) is 0 Å². The van der Waals surface area contributed by atoms with E-state index >= 15 is 0 Å². The third-order valence-corrected chi connectivity index (χ3v) is 6.39. The van der Waals surface area contributed by atoms with Crippen LogP contribution < -0.4 is 0 Å². The fourth-order valence-corrected chi connectivity index (χ4v) is 5.41. The number of hydrogen-bond acceptors (Lipinski definition) is 5. The van der Waals surface area contributed by atoms with Gasteiger partial charge < -0.3 is 0 Å². The third-order valence-electron chi connectivity index (χ3n) is 4.43. The van der Waals surface area contributed by atoms with Gasteiger partial charge in [-0.1, -0.05) is 32.5 Å². The second-order valence-electron chi connectivity index (χ2n) is 5.99. The third kappa shape index (κ3) is 2.07. The molecule has 0 saturated heterocycles. The molecule has 0 amide bonds. The van der Waals surface area contributed by atoms with E-state index in [1.165, 1.54) is 28.7 Å². The summed E-state index contributed by atoms with van der Waals surface area (Å²) in [6, 6.07) is 0. The van der Waals surface area contributed by atoms with E-state index in [0.717, 1.165) is 46.0 Å². The van der Waals surface area contributed by atoms with Crippen LogP contribution in [0.2, 0.25) is 0 Å². The van der Waals surface area contributed by atoms with Crippen LogP contribution in [0, 0.1) is 5.92 Å². The molecule has 0 unspecified atom stereocenters. The van der Waals surface area contributed by atoms with Crippen LogP contribution in [0.1, 0.15) is 43.5 Å². The van der Waals surface area contributed by atoms with Gasteiger partial charge in [0.25, 0.3) is 0 Å². The SMILES string of the molecule is CCSc1nnc2c3c4c(sc3nc(CC)n12)C[C@H](C)CC4. The predicted octanol–water partition coefficient (Wildman–Crippen LogP) is 4.14. The molecule has 4 nitrogen and oxygen atoms in total. The van der Waals surface area contributed by atoms with Crippen molar-refractivity contribution >= 4 is 39.0 Å². The monoisotopic (exact) mass is 332 g/mol. The highest BCUT2D eigenvalue weighted by molar-refractivity contribution is 7.99. The van der Waals surface area contributed by atoms with Gasteiger partial charge in [-0.15, -0.1) is 21.5 Å². The first-order valence-corrected chi connectivity index (χ1v) is 9.84. The van der Waals surface area contributed by atoms with E-state index in [4.69, 9.17) is 4.98 Å². The molecule has 0 spiro atoms. The molecule has 0 N–H and O–H groups in total. The minimum Gasteiger partial charge on any atom is -0.257 e. The van der Waals surface area contributed by atoms with E-state index in [9.17, 15) is 0 Å². The van der Waals surface area contributed by atoms with Gasteiger partial charge in [-0.25, -0.2) is 4.98 Å². The van der Waals surface area contributed by atoms with Crippen LogP contribution in [-0.2, 0) is 19.3 Å². The average Bonchev–Trinajstić information content (AvgIpc) is 3.07. The van der Waals surface area contributed by atoms with Gasteiger partial charge in [-0.2, -0.15) is 0 Å². The molecule has 0 aromatic carbocycles. The van der Waals surface area contributed by atoms with Crippen LogP contribution in [0.4, 0.5) is 0 Å². The number of nitrogens with zero attached hydrogens (tertiary/aromatic N) is 4. The minimum atomic E-state index is 0.784. The Kier molecular flexibility index (Phi) is 3.61. The average molecular weight is 332 g/mol. The lowest BCUT2D eigenvalue weighted by Crippen LogP contribution is -2.09. The molecular weight excluding hydrogens is 312 g/mol. The van der Waals surface area contributed by atoms with Crippen LogP contribution in [0.5, 0.6) is 0 Å². The Morgan fingerprint density at radius 3 is 2.95 bits per heavy atom. The van der Waals surface area contributed by atoms with E-state index in [2.05, 4.69) is 35.4 Å². The van der Waals surface area contributed by atoms with Gasteiger partial charge in [-0.3, -0.25) is 4.40 Å². The van der Waals surface area contributed by atoms with Crippen LogP contribution in [-0.4, -0.2) is 25.3 Å². The molecule has 22 heavy (non-hydrogen) atoms. The summed E-state index contributed by atoms with van der Waals surface area (Å²) < 4.78 is 2.18. The quantitative estimate of drug-likeness (QED) is 0.676. The fourth-order valence-electron chi connectivity index (χ4n) is 3.34. The van der Waals surface area contributed by atoms with Crippen molar-refractivity contribution in [2.45, 2.75) is 51.6 Å². The zero-order valence-electron chi connectivity index (χ0n) is 13.2. The van der Waals surface area contributed by atoms with Gasteiger partial charge in [0.15, 0.2) is 10.8 Å². The number of thioether (sulfide) groups is 1. The Labute approximate surface area is 138 Å². The maximum Gasteiger partial charge on any atom is 0.197 e. The Bertz CT molecular complexity index is 849. The van der Waals surface area contributed by atoms with Crippen molar-refractivity contribution in [3.8, 4) is 0 Å². The van der Waals surface area contributed by atoms with Crippen molar-refractivity contribution in [3.05, 3.63) is 16.3 Å². The molecule has 1 aliphatic rings. The Hall–Kier alpha value is -1.14. The van der Waals surface area contributed by atoms with Crippen LogP contribution >= 0.6 is 23.1 Å². The summed E-state index contributed by atoms with van der Waals surface area (Å²) in [6.45, 7) is 6.65. The second-order valence-corrected chi connectivity index (χ2v) is 8.30. The lowest BCUT2D eigenvalue weighted by atomic mass is 9.89. The number of fused-ring (bicyclic) bond motifs is 5. The Morgan fingerprint density at radius 1 is 1.32 bits per heavy atom. The smallest absolute Gasteiger partial charge is 0.197 e. The van der Waals surface area contributed by atoms with Crippen molar-refractivity contribution in [1.29, 1.82) is 0 Å². The van der Waals surface area contributed by atoms with Crippen molar-refractivity contribution in [2.75, 3.05) is 5.75 Å². The Morgan fingerprint density at radius 2 is 2.18 bits per heavy atom. The van der Waals surface area contributed by atoms with Crippen molar-refractivity contribution < 1.29 is 0 Å². The topological polar surface area (TPSA) is 43.1 Å². The summed E-state index contributed by atoms with van der Waals surface area (Å²) in [6.07, 6.45) is 4.52. The minimum absolute atomic E-state index is 0.784. The zero-order valence-corrected chi connectivity index (χ0v) is 14.9. The standard InChI is InChI=1S/C16H20N4S2/c1-4-12-17-15-13(10-7-6-9(3)8-11(10)22-15)14-18-19-16(20(12)14)21-5-2/h9H,4-8H2,1-3H3/t9-/m1/s1. The molecular formula is C16H20N4S2. The van der Waals surface area contributed by atoms with Crippen LogP contribution in [0.25, 0.3) is 15.9 Å². The summed E-state index contributed by atoms with van der Waals surface area (Å²) in [4.78, 5) is 7.63. The molecule has 0 fully saturated rings. The molecule has 0 radical (unpaired) electrons. The molecule has 3 aromatic rings. The van der Waals surface area contributed by atoms with Crippen LogP contribution in [0.15, 0.2) is 5.16 Å². The van der Waals surface area contributed by atoms with E-state index in [1.807, 2.05) is 11.3 Å². The number of aromatic nitrogens is 4. The highest BCUT2D eigenvalue weighted by Crippen LogP contribution is 2.39. The van der Waals surface area contributed by atoms with E-state index in [0.29, 0.717) is 0 Å². The van der Waals surface area contributed by atoms with Crippen molar-refractivity contribution in [3.63, 3.8) is 0 Å².